The van der Waals surface area contributed by atoms with Gasteiger partial charge in [0.05, 0.1) is 23.7 Å². The molecule has 3 rings (SSSR count). The number of carbonyl (C=O) groups is 1. The standard InChI is InChI=1S/C18H19N3O3/c1-12(10-17(22)19-11-13-5-4-8-24-13)9-16-20-15-7-3-2-6-14(15)18(23)21-16/h2-8,12H,9-11H2,1H3,(H,19,22)(H,20,21,23)/t12-/m0/s1. The second-order valence-electron chi connectivity index (χ2n) is 5.90. The molecule has 1 amide bonds. The van der Waals surface area contributed by atoms with Crippen LogP contribution in [0.1, 0.15) is 24.9 Å². The van der Waals surface area contributed by atoms with Gasteiger partial charge in [0, 0.05) is 12.8 Å². The number of furan rings is 1. The Morgan fingerprint density at radius 1 is 1.29 bits per heavy atom. The zero-order valence-electron chi connectivity index (χ0n) is 13.4. The van der Waals surface area contributed by atoms with Gasteiger partial charge in [0.1, 0.15) is 11.6 Å². The van der Waals surface area contributed by atoms with Crippen molar-refractivity contribution >= 4 is 16.8 Å². The Balaban J connectivity index is 1.59. The molecule has 6 nitrogen and oxygen atoms in total. The molecular weight excluding hydrogens is 306 g/mol. The van der Waals surface area contributed by atoms with Gasteiger partial charge < -0.3 is 14.7 Å². The number of nitrogens with one attached hydrogen (secondary N) is 2. The molecule has 1 atom stereocenters. The average molecular weight is 325 g/mol. The van der Waals surface area contributed by atoms with Crippen LogP contribution in [0, 0.1) is 5.92 Å². The number of nitrogens with zero attached hydrogens (tertiary/aromatic N) is 1. The molecule has 0 aliphatic carbocycles. The van der Waals surface area contributed by atoms with Gasteiger partial charge in [-0.2, -0.15) is 0 Å². The lowest BCUT2D eigenvalue weighted by molar-refractivity contribution is -0.122. The van der Waals surface area contributed by atoms with Crippen molar-refractivity contribution in [1.82, 2.24) is 15.3 Å². The summed E-state index contributed by atoms with van der Waals surface area (Å²) in [5, 5.41) is 3.39. The van der Waals surface area contributed by atoms with Gasteiger partial charge in [-0.1, -0.05) is 19.1 Å². The molecule has 124 valence electrons. The van der Waals surface area contributed by atoms with E-state index in [4.69, 9.17) is 4.42 Å². The first-order valence-electron chi connectivity index (χ1n) is 7.89. The fourth-order valence-electron chi connectivity index (χ4n) is 2.62. The van der Waals surface area contributed by atoms with E-state index in [1.165, 1.54) is 0 Å². The van der Waals surface area contributed by atoms with Gasteiger partial charge >= 0.3 is 0 Å². The van der Waals surface area contributed by atoms with E-state index < -0.39 is 0 Å². The van der Waals surface area contributed by atoms with Crippen molar-refractivity contribution in [2.75, 3.05) is 0 Å². The lowest BCUT2D eigenvalue weighted by Crippen LogP contribution is -2.25. The van der Waals surface area contributed by atoms with E-state index in [9.17, 15) is 9.59 Å². The van der Waals surface area contributed by atoms with Crippen molar-refractivity contribution in [2.24, 2.45) is 5.92 Å². The minimum atomic E-state index is -0.148. The molecule has 2 N–H and O–H groups in total. The van der Waals surface area contributed by atoms with E-state index >= 15 is 0 Å². The maximum atomic E-state index is 12.1. The van der Waals surface area contributed by atoms with Crippen LogP contribution in [0.5, 0.6) is 0 Å². The van der Waals surface area contributed by atoms with Gasteiger partial charge in [-0.15, -0.1) is 0 Å². The summed E-state index contributed by atoms with van der Waals surface area (Å²) in [5.74, 6) is 1.33. The van der Waals surface area contributed by atoms with E-state index in [0.29, 0.717) is 36.1 Å². The molecule has 0 saturated heterocycles. The Kier molecular flexibility index (Phi) is 4.74. The number of aromatic amines is 1. The molecule has 0 aliphatic heterocycles. The van der Waals surface area contributed by atoms with E-state index in [1.807, 2.05) is 31.2 Å². The second-order valence-corrected chi connectivity index (χ2v) is 5.90. The van der Waals surface area contributed by atoms with Gasteiger partial charge in [-0.25, -0.2) is 4.98 Å². The molecule has 2 heterocycles. The second kappa shape index (κ2) is 7.12. The first kappa shape index (κ1) is 16.0. The van der Waals surface area contributed by atoms with Crippen LogP contribution in [0.15, 0.2) is 51.9 Å². The minimum absolute atomic E-state index is 0.0537. The monoisotopic (exact) mass is 325 g/mol. The summed E-state index contributed by atoms with van der Waals surface area (Å²) in [6, 6.07) is 10.8. The van der Waals surface area contributed by atoms with E-state index in [-0.39, 0.29) is 17.4 Å². The highest BCUT2D eigenvalue weighted by Gasteiger charge is 2.12. The highest BCUT2D eigenvalue weighted by molar-refractivity contribution is 5.77. The molecule has 0 fully saturated rings. The van der Waals surface area contributed by atoms with Gasteiger partial charge in [-0.3, -0.25) is 9.59 Å². The molecule has 0 spiro atoms. The summed E-state index contributed by atoms with van der Waals surface area (Å²) >= 11 is 0. The third-order valence-electron chi connectivity index (χ3n) is 3.78. The van der Waals surface area contributed by atoms with Gasteiger partial charge in [0.25, 0.3) is 5.56 Å². The third kappa shape index (κ3) is 3.90. The summed E-state index contributed by atoms with van der Waals surface area (Å²) < 4.78 is 5.17. The molecule has 0 aliphatic rings. The highest BCUT2D eigenvalue weighted by atomic mass is 16.3. The molecule has 3 aromatic rings. The van der Waals surface area contributed by atoms with Gasteiger partial charge in [0.2, 0.25) is 5.91 Å². The Labute approximate surface area is 138 Å². The minimum Gasteiger partial charge on any atom is -0.467 e. The highest BCUT2D eigenvalue weighted by Crippen LogP contribution is 2.11. The smallest absolute Gasteiger partial charge is 0.258 e. The summed E-state index contributed by atoms with van der Waals surface area (Å²) in [5.41, 5.74) is 0.524. The van der Waals surface area contributed by atoms with Crippen molar-refractivity contribution in [1.29, 1.82) is 0 Å². The maximum Gasteiger partial charge on any atom is 0.258 e. The Morgan fingerprint density at radius 3 is 2.92 bits per heavy atom. The third-order valence-corrected chi connectivity index (χ3v) is 3.78. The van der Waals surface area contributed by atoms with Crippen LogP contribution >= 0.6 is 0 Å². The van der Waals surface area contributed by atoms with Crippen LogP contribution in [0.2, 0.25) is 0 Å². The molecule has 24 heavy (non-hydrogen) atoms. The van der Waals surface area contributed by atoms with Crippen LogP contribution in [-0.4, -0.2) is 15.9 Å². The molecule has 1 aromatic carbocycles. The molecule has 2 aromatic heterocycles. The number of H-pyrrole nitrogens is 1. The fourth-order valence-corrected chi connectivity index (χ4v) is 2.62. The average Bonchev–Trinajstić information content (AvgIpc) is 3.06. The van der Waals surface area contributed by atoms with E-state index in [1.54, 1.807) is 18.4 Å². The SMILES string of the molecule is C[C@H](CC(=O)NCc1ccco1)Cc1nc2ccccc2c(=O)[nH]1. The normalized spacial score (nSPS) is 12.2. The summed E-state index contributed by atoms with van der Waals surface area (Å²) in [6.07, 6.45) is 2.47. The number of benzene rings is 1. The Morgan fingerprint density at radius 2 is 2.12 bits per heavy atom. The molecular formula is C18H19N3O3. The van der Waals surface area contributed by atoms with Crippen molar-refractivity contribution in [3.8, 4) is 0 Å². The largest absolute Gasteiger partial charge is 0.467 e. The summed E-state index contributed by atoms with van der Waals surface area (Å²) in [7, 11) is 0. The van der Waals surface area contributed by atoms with Crippen LogP contribution in [0.3, 0.4) is 0 Å². The Hall–Kier alpha value is -2.89. The van der Waals surface area contributed by atoms with Crippen molar-refractivity contribution in [2.45, 2.75) is 26.3 Å². The van der Waals surface area contributed by atoms with Crippen molar-refractivity contribution in [3.63, 3.8) is 0 Å². The molecule has 0 unspecified atom stereocenters. The van der Waals surface area contributed by atoms with Crippen LogP contribution < -0.4 is 10.9 Å². The number of para-hydroxylation sites is 1. The van der Waals surface area contributed by atoms with Crippen LogP contribution in [0.4, 0.5) is 0 Å². The number of rotatable bonds is 6. The zero-order chi connectivity index (χ0) is 16.9. The number of amides is 1. The number of hydrogen-bond acceptors (Lipinski definition) is 4. The van der Waals surface area contributed by atoms with Crippen molar-refractivity contribution < 1.29 is 9.21 Å². The maximum absolute atomic E-state index is 12.1. The van der Waals surface area contributed by atoms with E-state index in [2.05, 4.69) is 15.3 Å². The quantitative estimate of drug-likeness (QED) is 0.728. The molecule has 6 heteroatoms. The number of hydrogen-bond donors (Lipinski definition) is 2. The first-order valence-corrected chi connectivity index (χ1v) is 7.89. The Bertz CT molecular complexity index is 884. The van der Waals surface area contributed by atoms with Gasteiger partial charge in [0.15, 0.2) is 0 Å². The molecule has 0 saturated carbocycles. The molecule has 0 radical (unpaired) electrons. The first-order chi connectivity index (χ1) is 11.6. The number of fused-ring (bicyclic) bond motifs is 1. The predicted octanol–water partition coefficient (Wildman–Crippen LogP) is 2.40. The summed E-state index contributed by atoms with van der Waals surface area (Å²) in [6.45, 7) is 2.34. The van der Waals surface area contributed by atoms with Crippen LogP contribution in [0.25, 0.3) is 10.9 Å². The van der Waals surface area contributed by atoms with Crippen molar-refractivity contribution in [3.05, 3.63) is 64.6 Å². The molecule has 0 bridgehead atoms. The van der Waals surface area contributed by atoms with Crippen LogP contribution in [-0.2, 0) is 17.8 Å². The lowest BCUT2D eigenvalue weighted by atomic mass is 10.0. The van der Waals surface area contributed by atoms with E-state index in [0.717, 1.165) is 5.76 Å². The number of carbonyl (C=O) groups excluding carboxylic acids is 1. The predicted molar refractivity (Wildman–Crippen MR) is 90.4 cm³/mol. The fraction of sp³-hybridized carbons (Fsp3) is 0.278. The lowest BCUT2D eigenvalue weighted by Gasteiger charge is -2.11. The summed E-state index contributed by atoms with van der Waals surface area (Å²) in [4.78, 5) is 31.3. The topological polar surface area (TPSA) is 88.0 Å². The number of aromatic nitrogens is 2. The van der Waals surface area contributed by atoms with Gasteiger partial charge in [-0.05, 0) is 30.2 Å². The zero-order valence-corrected chi connectivity index (χ0v) is 13.4.